The summed E-state index contributed by atoms with van der Waals surface area (Å²) in [5, 5.41) is 107. The van der Waals surface area contributed by atoms with E-state index in [1.165, 1.54) is 19.1 Å². The molecule has 0 bridgehead atoms. The molecule has 6 heterocycles. The molecule has 6 saturated heterocycles. The monoisotopic (exact) mass is 2120 g/mol. The summed E-state index contributed by atoms with van der Waals surface area (Å²) >= 11 is 0. The number of unbranched alkanes of at least 4 members (excludes halogenated alkanes) is 13. The van der Waals surface area contributed by atoms with Gasteiger partial charge in [0.15, 0.2) is 18.9 Å². The molecule has 27 atom stereocenters. The fraction of sp³-hybridized carbons (Fsp3) is 0.905. The van der Waals surface area contributed by atoms with Crippen LogP contribution in [0.2, 0.25) is 0 Å². The normalized spacial score (nSPS) is 29.6. The lowest BCUT2D eigenvalue weighted by atomic mass is 9.92. The number of ketones is 5. The van der Waals surface area contributed by atoms with E-state index in [0.717, 1.165) is 0 Å². The van der Waals surface area contributed by atoms with Crippen molar-refractivity contribution >= 4 is 76.1 Å². The molecule has 3 amide bonds. The Morgan fingerprint density at radius 2 is 0.797 bits per heavy atom. The fourth-order valence-corrected chi connectivity index (χ4v) is 20.1. The van der Waals surface area contributed by atoms with E-state index in [4.69, 9.17) is 88.7 Å². The van der Waals surface area contributed by atoms with Crippen molar-refractivity contribution in [3.8, 4) is 0 Å². The predicted molar refractivity (Wildman–Crippen MR) is 514 cm³/mol. The van der Waals surface area contributed by atoms with Crippen molar-refractivity contribution < 1.29 is 202 Å². The average molecular weight is 2120 g/mol. The van der Waals surface area contributed by atoms with E-state index in [2.05, 4.69) is 16.9 Å². The number of rotatable bonds is 81. The van der Waals surface area contributed by atoms with Gasteiger partial charge in [0.1, 0.15) is 102 Å². The van der Waals surface area contributed by atoms with Crippen molar-refractivity contribution in [2.75, 3.05) is 140 Å². The summed E-state index contributed by atoms with van der Waals surface area (Å²) in [5.41, 5.74) is -1.43. The van der Waals surface area contributed by atoms with Gasteiger partial charge in [0.25, 0.3) is 0 Å². The molecule has 0 spiro atoms. The number of hydrogen-bond donors (Lipinski definition) is 15. The van der Waals surface area contributed by atoms with Gasteiger partial charge in [0, 0.05) is 155 Å². The maximum atomic E-state index is 14.3. The molecule has 45 nitrogen and oxygen atoms in total. The molecular formula is C95H170N3O42P3. The van der Waals surface area contributed by atoms with E-state index in [1.54, 1.807) is 34.6 Å². The highest BCUT2D eigenvalue weighted by Gasteiger charge is 2.51. The largest absolute Gasteiger partial charge is 0.472 e. The number of phosphoric ester groups is 2. The van der Waals surface area contributed by atoms with Crippen LogP contribution in [0.25, 0.3) is 0 Å². The van der Waals surface area contributed by atoms with E-state index in [1.807, 2.05) is 0 Å². The molecule has 6 rings (SSSR count). The highest BCUT2D eigenvalue weighted by atomic mass is 31.2. The molecule has 0 aromatic carbocycles. The van der Waals surface area contributed by atoms with Crippen LogP contribution in [0.1, 0.15) is 259 Å². The predicted octanol–water partition coefficient (Wildman–Crippen LogP) is 4.81. The van der Waals surface area contributed by atoms with Crippen molar-refractivity contribution in [3.63, 3.8) is 0 Å². The molecule has 0 aliphatic carbocycles. The maximum absolute atomic E-state index is 14.3. The van der Waals surface area contributed by atoms with Crippen LogP contribution in [-0.2, 0) is 136 Å². The summed E-state index contributed by atoms with van der Waals surface area (Å²) in [5.74, 6) is -2.72. The van der Waals surface area contributed by atoms with Crippen LogP contribution in [0.4, 0.5) is 0 Å². The summed E-state index contributed by atoms with van der Waals surface area (Å²) in [6.45, 7) is 5.54. The van der Waals surface area contributed by atoms with Crippen LogP contribution < -0.4 is 10.6 Å². The number of nitrogens with one attached hydrogen (secondary N) is 2. The highest BCUT2D eigenvalue weighted by molar-refractivity contribution is 7.58. The smallest absolute Gasteiger partial charge is 0.394 e. The Labute approximate surface area is 840 Å². The van der Waals surface area contributed by atoms with Gasteiger partial charge in [-0.05, 0) is 116 Å². The number of aliphatic hydroxyl groups is 10. The Kier molecular flexibility index (Phi) is 61.7. The molecule has 48 heteroatoms. The van der Waals surface area contributed by atoms with Gasteiger partial charge in [0.05, 0.1) is 135 Å². The summed E-state index contributed by atoms with van der Waals surface area (Å²) in [4.78, 5) is 140. The summed E-state index contributed by atoms with van der Waals surface area (Å²) in [7, 11) is -10.8. The lowest BCUT2D eigenvalue weighted by molar-refractivity contribution is -0.282. The second-order valence-corrected chi connectivity index (χ2v) is 43.2. The third kappa shape index (κ3) is 48.4. The number of ether oxygens (including phenoxy) is 13. The van der Waals surface area contributed by atoms with Crippen LogP contribution in [0.5, 0.6) is 0 Å². The number of methoxy groups -OCH3 is 1. The van der Waals surface area contributed by atoms with Crippen LogP contribution in [0.3, 0.4) is 0 Å². The van der Waals surface area contributed by atoms with Gasteiger partial charge in [-0.2, -0.15) is 0 Å². The SMILES string of the molecule is C=P(O)(OC)OC[C@H]1O[C@@H](C)[C@H](OCCOC)[C@@H]1OP(=O)(O)OC[C@H]1O[C@@H](C)C[C@@H]1OP(=O)(O)OC[C@@H]1C[C@@H](O)CN1C(=O)CCCCCCCCC(=O)NC(COCCC(=O)CCCCCC(=O)CCCCO[C@@H]1OC(CO)[C@H](O)[C@H](O)C1C)(COCCC(=O)CCCCCC(=O)CCCCO[C@@H]1OC(CO)[C@H](O)[C@H](O)C1C)COCCC(=O)NCCCCC(=O)CCCCO[C@@H]1OC(CO)[C@H](O)[C@H](O)C1C. The molecule has 15 N–H and O–H groups in total. The zero-order valence-electron chi connectivity index (χ0n) is 84.7. The molecule has 9 unspecified atom stereocenters. The first kappa shape index (κ1) is 128. The molecule has 6 aliphatic heterocycles. The number of phosphoric acid groups is 2. The molecule has 0 aromatic rings. The molecular weight excluding hydrogens is 1950 g/mol. The molecule has 0 saturated carbocycles. The van der Waals surface area contributed by atoms with Gasteiger partial charge >= 0.3 is 15.6 Å². The minimum Gasteiger partial charge on any atom is -0.394 e. The van der Waals surface area contributed by atoms with Crippen molar-refractivity contribution in [1.82, 2.24) is 15.5 Å². The standard InChI is InChI=1S/C95H170N3O42P3/c1-63-51-75(79(134-63)58-133-143(120,121)140-91-80(59-131-141(8,117)123-7)135-67(5)90(91)127-50-49-122-6)139-142(118,119)132-57-68-52-74(107)53-98(68)83(110)38-20-12-10-9-11-19-37-82(109)97-95(60-124-46-39-72(105)31-17-13-15-29-69(102)34-22-26-43-128-92-64(2)84(111)87(114)76(54-99)136-92,61-125-47-40-73(106)32-18-14-16-30-70(103)35-23-27-44-129-93-65(3)85(112)88(115)77(55-100)137-93)62-126-48-41-81(108)96-42-25-21-33-71(104)36-24-28-45-130-94-66(4)86(113)89(116)78(56-101)138-94/h63-68,74-80,84-94,99-101,107,111-117H,8-62H2,1-7H3,(H,96,108)(H,97,109)(H,118,119)(H,120,121)/t63-,64?,65?,66?,67-,68-,74+,75-,76?,77?,78?,79+,80+,84+,85+,86+,87-,88-,89-,90-,91+,92+,93+,94+,95?,141?/m0/s1. The first-order valence-corrected chi connectivity index (χ1v) is 55.9. The van der Waals surface area contributed by atoms with Gasteiger partial charge in [-0.1, -0.05) is 59.3 Å². The molecule has 0 aromatic heterocycles. The van der Waals surface area contributed by atoms with Gasteiger partial charge < -0.3 is 152 Å². The lowest BCUT2D eigenvalue weighted by Crippen LogP contribution is -2.58. The topological polar surface area (TPSA) is 636 Å². The van der Waals surface area contributed by atoms with Crippen molar-refractivity contribution in [1.29, 1.82) is 0 Å². The maximum Gasteiger partial charge on any atom is 0.472 e. The molecule has 6 aliphatic rings. The number of carbonyl (C=O) groups excluding carboxylic acids is 8. The Hall–Kier alpha value is -3.76. The second-order valence-electron chi connectivity index (χ2n) is 38.5. The third-order valence-electron chi connectivity index (χ3n) is 26.4. The minimum atomic E-state index is -5.02. The first-order chi connectivity index (χ1) is 68.2. The van der Waals surface area contributed by atoms with Crippen molar-refractivity contribution in [2.45, 2.75) is 394 Å². The average Bonchev–Trinajstić information content (AvgIpc) is 1.40. The number of aliphatic hydroxyl groups excluding tert-OH is 10. The fourth-order valence-electron chi connectivity index (χ4n) is 17.7. The van der Waals surface area contributed by atoms with E-state index in [0.29, 0.717) is 167 Å². The van der Waals surface area contributed by atoms with E-state index in [-0.39, 0.29) is 191 Å². The Balaban J connectivity index is 0.995. The van der Waals surface area contributed by atoms with Crippen LogP contribution in [0.15, 0.2) is 0 Å². The zero-order chi connectivity index (χ0) is 105. The first-order valence-electron chi connectivity index (χ1n) is 51.2. The van der Waals surface area contributed by atoms with Crippen molar-refractivity contribution in [2.24, 2.45) is 17.8 Å². The highest BCUT2D eigenvalue weighted by Crippen LogP contribution is 2.52. The Morgan fingerprint density at radius 3 is 1.25 bits per heavy atom. The van der Waals surface area contributed by atoms with E-state index in [9.17, 15) is 113 Å². The number of β-amino-alcohol motifs (C(OH)–C–C–N with tert-alkyl or cyclic N) is 1. The number of hydrogen-bond acceptors (Lipinski definition) is 40. The quantitative estimate of drug-likeness (QED) is 0.0287. The van der Waals surface area contributed by atoms with Gasteiger partial charge in [0.2, 0.25) is 25.3 Å². The molecule has 832 valence electrons. The zero-order valence-corrected chi connectivity index (χ0v) is 87.4. The molecule has 0 radical (unpaired) electrons. The van der Waals surface area contributed by atoms with Crippen LogP contribution in [0, 0.1) is 17.8 Å². The van der Waals surface area contributed by atoms with Crippen LogP contribution >= 0.6 is 23.2 Å². The summed E-state index contributed by atoms with van der Waals surface area (Å²) < 4.78 is 135. The van der Waals surface area contributed by atoms with Gasteiger partial charge in [-0.15, -0.1) is 0 Å². The Morgan fingerprint density at radius 1 is 0.399 bits per heavy atom. The Bertz CT molecular complexity index is 3580. The number of carbonyl (C=O) groups is 8. The van der Waals surface area contributed by atoms with Crippen molar-refractivity contribution in [3.05, 3.63) is 0 Å². The van der Waals surface area contributed by atoms with Gasteiger partial charge in [-0.25, -0.2) is 9.13 Å². The summed E-state index contributed by atoms with van der Waals surface area (Å²) in [6, 6.07) is -0.814. The van der Waals surface area contributed by atoms with E-state index < -0.39 is 214 Å². The second kappa shape index (κ2) is 69.0. The number of nitrogens with zero attached hydrogens (tertiary/aromatic N) is 1. The van der Waals surface area contributed by atoms with Gasteiger partial charge in [-0.3, -0.25) is 56.5 Å². The minimum absolute atomic E-state index is 0.00996. The molecule has 6 fully saturated rings. The van der Waals surface area contributed by atoms with E-state index >= 15 is 0 Å². The third-order valence-corrected chi connectivity index (χ3v) is 29.5. The lowest BCUT2D eigenvalue weighted by Gasteiger charge is -2.40. The summed E-state index contributed by atoms with van der Waals surface area (Å²) in [6.07, 6.45) is -3.45. The number of likely N-dealkylation sites (tertiary alicyclic amines) is 1. The number of amides is 3. The number of Topliss-reactive ketones (excluding diaryl/α,β-unsaturated/α-hetero) is 5. The molecule has 143 heavy (non-hydrogen) atoms. The van der Waals surface area contributed by atoms with Crippen LogP contribution in [-0.4, -0.2) is 397 Å².